The maximum atomic E-state index is 11.6. The summed E-state index contributed by atoms with van der Waals surface area (Å²) in [5.74, 6) is 5.56. The lowest BCUT2D eigenvalue weighted by Gasteiger charge is -2.06. The third-order valence-corrected chi connectivity index (χ3v) is 3.57. The molecule has 0 aliphatic heterocycles. The SMILES string of the molecule is COc1ccc(CC(=O)O)cc1C#CCCNC(=O)OCc1ccccc1. The van der Waals surface area contributed by atoms with Gasteiger partial charge in [0.15, 0.2) is 0 Å². The van der Waals surface area contributed by atoms with Crippen LogP contribution in [0.4, 0.5) is 4.79 Å². The number of aliphatic carboxylic acids is 1. The smallest absolute Gasteiger partial charge is 0.407 e. The molecule has 0 spiro atoms. The van der Waals surface area contributed by atoms with Gasteiger partial charge in [-0.1, -0.05) is 48.2 Å². The van der Waals surface area contributed by atoms with Crippen LogP contribution in [-0.4, -0.2) is 30.8 Å². The molecular formula is C21H21NO5. The maximum Gasteiger partial charge on any atom is 0.407 e. The van der Waals surface area contributed by atoms with Gasteiger partial charge in [-0.05, 0) is 23.3 Å². The summed E-state index contributed by atoms with van der Waals surface area (Å²) in [6.45, 7) is 0.559. The predicted octanol–water partition coefficient (Wildman–Crippen LogP) is 2.99. The van der Waals surface area contributed by atoms with Crippen molar-refractivity contribution in [3.05, 3.63) is 65.2 Å². The maximum absolute atomic E-state index is 11.6. The zero-order valence-electron chi connectivity index (χ0n) is 15.0. The zero-order valence-corrected chi connectivity index (χ0v) is 15.0. The normalized spacial score (nSPS) is 9.67. The van der Waals surface area contributed by atoms with E-state index in [0.717, 1.165) is 5.56 Å². The molecule has 0 atom stereocenters. The molecule has 1 amide bonds. The summed E-state index contributed by atoms with van der Waals surface area (Å²) in [5, 5.41) is 11.5. The van der Waals surface area contributed by atoms with Crippen LogP contribution in [0.1, 0.15) is 23.1 Å². The number of carbonyl (C=O) groups is 2. The number of ether oxygens (including phenoxy) is 2. The second-order valence-corrected chi connectivity index (χ2v) is 5.65. The van der Waals surface area contributed by atoms with Crippen LogP contribution in [0.25, 0.3) is 0 Å². The quantitative estimate of drug-likeness (QED) is 0.580. The molecule has 0 fully saturated rings. The molecule has 6 heteroatoms. The molecule has 2 rings (SSSR count). The van der Waals surface area contributed by atoms with Gasteiger partial charge >= 0.3 is 12.1 Å². The largest absolute Gasteiger partial charge is 0.495 e. The average Bonchev–Trinajstić information content (AvgIpc) is 2.66. The first-order chi connectivity index (χ1) is 13.1. The van der Waals surface area contributed by atoms with Crippen molar-refractivity contribution in [2.45, 2.75) is 19.4 Å². The fourth-order valence-electron chi connectivity index (χ4n) is 2.30. The monoisotopic (exact) mass is 367 g/mol. The molecule has 6 nitrogen and oxygen atoms in total. The van der Waals surface area contributed by atoms with Crippen molar-refractivity contribution in [1.82, 2.24) is 5.32 Å². The molecular weight excluding hydrogens is 346 g/mol. The van der Waals surface area contributed by atoms with Gasteiger partial charge in [-0.15, -0.1) is 0 Å². The van der Waals surface area contributed by atoms with Crippen LogP contribution in [0, 0.1) is 11.8 Å². The average molecular weight is 367 g/mol. The van der Waals surface area contributed by atoms with Gasteiger partial charge < -0.3 is 19.9 Å². The van der Waals surface area contributed by atoms with Gasteiger partial charge in [-0.3, -0.25) is 4.79 Å². The molecule has 2 aromatic rings. The number of carbonyl (C=O) groups excluding carboxylic acids is 1. The fraction of sp³-hybridized carbons (Fsp3) is 0.238. The Morgan fingerprint density at radius 2 is 1.89 bits per heavy atom. The number of carboxylic acid groups (broad SMARTS) is 1. The highest BCUT2D eigenvalue weighted by atomic mass is 16.5. The number of hydrogen-bond acceptors (Lipinski definition) is 4. The van der Waals surface area contributed by atoms with Crippen molar-refractivity contribution in [3.8, 4) is 17.6 Å². The number of alkyl carbamates (subject to hydrolysis) is 1. The Hall–Kier alpha value is -3.46. The van der Waals surface area contributed by atoms with Crippen molar-refractivity contribution < 1.29 is 24.2 Å². The second kappa shape index (κ2) is 10.5. The van der Waals surface area contributed by atoms with E-state index in [4.69, 9.17) is 14.6 Å². The van der Waals surface area contributed by atoms with Crippen LogP contribution < -0.4 is 10.1 Å². The summed E-state index contributed by atoms with van der Waals surface area (Å²) < 4.78 is 10.3. The van der Waals surface area contributed by atoms with Crippen LogP contribution in [0.15, 0.2) is 48.5 Å². The molecule has 2 aromatic carbocycles. The van der Waals surface area contributed by atoms with Crippen LogP contribution in [0.5, 0.6) is 5.75 Å². The number of amides is 1. The number of rotatable bonds is 7. The fourth-order valence-corrected chi connectivity index (χ4v) is 2.30. The summed E-state index contributed by atoms with van der Waals surface area (Å²) in [5.41, 5.74) is 2.18. The van der Waals surface area contributed by atoms with Gasteiger partial charge in [0.1, 0.15) is 12.4 Å². The van der Waals surface area contributed by atoms with Gasteiger partial charge in [0, 0.05) is 13.0 Å². The van der Waals surface area contributed by atoms with Crippen molar-refractivity contribution in [1.29, 1.82) is 0 Å². The number of methoxy groups -OCH3 is 1. The molecule has 27 heavy (non-hydrogen) atoms. The van der Waals surface area contributed by atoms with Crippen LogP contribution in [0.3, 0.4) is 0 Å². The topological polar surface area (TPSA) is 84.9 Å². The Labute approximate surface area is 158 Å². The molecule has 0 aliphatic carbocycles. The van der Waals surface area contributed by atoms with Crippen molar-refractivity contribution >= 4 is 12.1 Å². The lowest BCUT2D eigenvalue weighted by atomic mass is 10.1. The predicted molar refractivity (Wildman–Crippen MR) is 100 cm³/mol. The lowest BCUT2D eigenvalue weighted by molar-refractivity contribution is -0.136. The zero-order chi connectivity index (χ0) is 19.5. The number of carboxylic acids is 1. The molecule has 0 bridgehead atoms. The minimum atomic E-state index is -0.905. The second-order valence-electron chi connectivity index (χ2n) is 5.65. The van der Waals surface area contributed by atoms with Gasteiger partial charge in [0.25, 0.3) is 0 Å². The Bertz CT molecular complexity index is 837. The summed E-state index contributed by atoms with van der Waals surface area (Å²) in [6.07, 6.45) is -0.151. The number of hydrogen-bond donors (Lipinski definition) is 2. The van der Waals surface area contributed by atoms with E-state index in [1.54, 1.807) is 18.2 Å². The molecule has 0 aromatic heterocycles. The molecule has 0 saturated carbocycles. The third-order valence-electron chi connectivity index (χ3n) is 3.57. The van der Waals surface area contributed by atoms with E-state index in [0.29, 0.717) is 29.8 Å². The molecule has 140 valence electrons. The van der Waals surface area contributed by atoms with Crippen molar-refractivity contribution in [2.75, 3.05) is 13.7 Å². The van der Waals surface area contributed by atoms with E-state index in [2.05, 4.69) is 17.2 Å². The van der Waals surface area contributed by atoms with E-state index >= 15 is 0 Å². The number of nitrogens with one attached hydrogen (secondary N) is 1. The highest BCUT2D eigenvalue weighted by molar-refractivity contribution is 5.70. The first-order valence-electron chi connectivity index (χ1n) is 8.40. The van der Waals surface area contributed by atoms with Gasteiger partial charge in [0.2, 0.25) is 0 Å². The first-order valence-corrected chi connectivity index (χ1v) is 8.40. The number of benzene rings is 2. The van der Waals surface area contributed by atoms with E-state index in [9.17, 15) is 9.59 Å². The summed E-state index contributed by atoms with van der Waals surface area (Å²) in [4.78, 5) is 22.5. The van der Waals surface area contributed by atoms with Crippen LogP contribution in [0.2, 0.25) is 0 Å². The standard InChI is InChI=1S/C21H21NO5/c1-26-19-11-10-17(14-20(23)24)13-18(19)9-5-6-12-22-21(25)27-15-16-7-3-2-4-8-16/h2-4,7-8,10-11,13H,6,12,14-15H2,1H3,(H,22,25)(H,23,24). The highest BCUT2D eigenvalue weighted by Crippen LogP contribution is 2.19. The molecule has 0 heterocycles. The van der Waals surface area contributed by atoms with Gasteiger partial charge in [0.05, 0.1) is 19.1 Å². The molecule has 2 N–H and O–H groups in total. The Kier molecular flexibility index (Phi) is 7.73. The van der Waals surface area contributed by atoms with Gasteiger partial charge in [-0.2, -0.15) is 0 Å². The highest BCUT2D eigenvalue weighted by Gasteiger charge is 2.05. The molecule has 0 radical (unpaired) electrons. The lowest BCUT2D eigenvalue weighted by Crippen LogP contribution is -2.24. The van der Waals surface area contributed by atoms with E-state index in [-0.39, 0.29) is 13.0 Å². The van der Waals surface area contributed by atoms with Crippen molar-refractivity contribution in [2.24, 2.45) is 0 Å². The van der Waals surface area contributed by atoms with Gasteiger partial charge in [-0.25, -0.2) is 4.79 Å². The molecule has 0 aliphatic rings. The Morgan fingerprint density at radius 3 is 2.59 bits per heavy atom. The Balaban J connectivity index is 1.80. The first kappa shape index (κ1) is 19.9. The van der Waals surface area contributed by atoms with E-state index < -0.39 is 12.1 Å². The van der Waals surface area contributed by atoms with E-state index in [1.807, 2.05) is 30.3 Å². The van der Waals surface area contributed by atoms with E-state index in [1.165, 1.54) is 7.11 Å². The van der Waals surface area contributed by atoms with Crippen LogP contribution in [-0.2, 0) is 22.6 Å². The summed E-state index contributed by atoms with van der Waals surface area (Å²) >= 11 is 0. The Morgan fingerprint density at radius 1 is 1.11 bits per heavy atom. The van der Waals surface area contributed by atoms with Crippen molar-refractivity contribution in [3.63, 3.8) is 0 Å². The minimum Gasteiger partial charge on any atom is -0.495 e. The molecule has 0 saturated heterocycles. The molecule has 0 unspecified atom stereocenters. The summed E-state index contributed by atoms with van der Waals surface area (Å²) in [6, 6.07) is 14.5. The third kappa shape index (κ3) is 7.12. The van der Waals surface area contributed by atoms with Crippen LogP contribution >= 0.6 is 0 Å². The minimum absolute atomic E-state index is 0.0759. The summed E-state index contributed by atoms with van der Waals surface area (Å²) in [7, 11) is 1.53.